The lowest BCUT2D eigenvalue weighted by molar-refractivity contribution is 0.0650. The van der Waals surface area contributed by atoms with E-state index in [1.807, 2.05) is 12.3 Å². The number of thioether (sulfide) groups is 1. The molecular weight excluding hydrogens is 394 g/mol. The predicted octanol–water partition coefficient (Wildman–Crippen LogP) is 3.43. The van der Waals surface area contributed by atoms with Crippen molar-refractivity contribution in [2.45, 2.75) is 31.5 Å². The van der Waals surface area contributed by atoms with Gasteiger partial charge in [0.25, 0.3) is 17.4 Å². The summed E-state index contributed by atoms with van der Waals surface area (Å²) in [5.41, 5.74) is 0.832. The molecule has 0 radical (unpaired) electrons. The molecule has 1 aliphatic rings. The highest BCUT2D eigenvalue weighted by molar-refractivity contribution is 7.98. The fourth-order valence-electron chi connectivity index (χ4n) is 3.40. The van der Waals surface area contributed by atoms with Crippen LogP contribution in [0.15, 0.2) is 40.3 Å². The standard InChI is InChI=1S/C20H19N3O3S2/c1-3-12-11-15-16(28-12)21-20(27-2)23(19(15)26)10-6-9-22-17(24)13-7-4-5-8-14(13)18(22)25/h4-5,7-8,11H,3,6,9-10H2,1-2H3. The average Bonchev–Trinajstić information content (AvgIpc) is 3.24. The van der Waals surface area contributed by atoms with Gasteiger partial charge in [-0.3, -0.25) is 23.9 Å². The molecule has 2 aromatic heterocycles. The molecule has 28 heavy (non-hydrogen) atoms. The molecule has 1 aliphatic heterocycles. The number of rotatable bonds is 6. The van der Waals surface area contributed by atoms with E-state index < -0.39 is 0 Å². The van der Waals surface area contributed by atoms with Gasteiger partial charge in [-0.05, 0) is 37.3 Å². The lowest BCUT2D eigenvalue weighted by Gasteiger charge is -2.15. The van der Waals surface area contributed by atoms with Crippen LogP contribution in [0, 0.1) is 0 Å². The minimum atomic E-state index is -0.267. The molecule has 8 heteroatoms. The molecule has 1 aromatic carbocycles. The highest BCUT2D eigenvalue weighted by Crippen LogP contribution is 2.25. The number of aryl methyl sites for hydroxylation is 1. The first kappa shape index (κ1) is 18.9. The number of nitrogens with zero attached hydrogens (tertiary/aromatic N) is 3. The third-order valence-corrected chi connectivity index (χ3v) is 6.69. The van der Waals surface area contributed by atoms with Crippen molar-refractivity contribution in [3.8, 4) is 0 Å². The molecule has 2 amide bonds. The first-order valence-corrected chi connectivity index (χ1v) is 11.1. The lowest BCUT2D eigenvalue weighted by Crippen LogP contribution is -2.32. The summed E-state index contributed by atoms with van der Waals surface area (Å²) in [4.78, 5) is 45.7. The first-order chi connectivity index (χ1) is 13.5. The zero-order chi connectivity index (χ0) is 19.8. The van der Waals surface area contributed by atoms with Crippen LogP contribution in [0.2, 0.25) is 0 Å². The second-order valence-corrected chi connectivity index (χ2v) is 8.39. The van der Waals surface area contributed by atoms with Crippen molar-refractivity contribution in [1.82, 2.24) is 14.5 Å². The lowest BCUT2D eigenvalue weighted by atomic mass is 10.1. The third-order valence-electron chi connectivity index (χ3n) is 4.84. The minimum absolute atomic E-state index is 0.0624. The van der Waals surface area contributed by atoms with E-state index in [-0.39, 0.29) is 23.9 Å². The van der Waals surface area contributed by atoms with E-state index in [0.29, 0.717) is 34.6 Å². The quantitative estimate of drug-likeness (QED) is 0.352. The second kappa shape index (κ2) is 7.52. The van der Waals surface area contributed by atoms with Crippen LogP contribution in [-0.2, 0) is 13.0 Å². The van der Waals surface area contributed by atoms with Crippen LogP contribution in [0.4, 0.5) is 0 Å². The molecule has 0 aliphatic carbocycles. The third kappa shape index (κ3) is 3.06. The Morgan fingerprint density at radius 2 is 1.75 bits per heavy atom. The molecule has 3 heterocycles. The maximum Gasteiger partial charge on any atom is 0.262 e. The van der Waals surface area contributed by atoms with E-state index in [1.54, 1.807) is 40.2 Å². The Morgan fingerprint density at radius 3 is 2.36 bits per heavy atom. The summed E-state index contributed by atoms with van der Waals surface area (Å²) in [6.07, 6.45) is 3.26. The minimum Gasteiger partial charge on any atom is -0.287 e. The molecule has 0 N–H and O–H groups in total. The van der Waals surface area contributed by atoms with E-state index in [9.17, 15) is 14.4 Å². The predicted molar refractivity (Wildman–Crippen MR) is 111 cm³/mol. The number of carbonyl (C=O) groups is 2. The van der Waals surface area contributed by atoms with E-state index in [0.717, 1.165) is 16.1 Å². The Bertz CT molecular complexity index is 1110. The Kier molecular flexibility index (Phi) is 5.07. The van der Waals surface area contributed by atoms with Crippen LogP contribution < -0.4 is 5.56 Å². The van der Waals surface area contributed by atoms with Gasteiger partial charge in [-0.2, -0.15) is 0 Å². The van der Waals surface area contributed by atoms with E-state index in [2.05, 4.69) is 11.9 Å². The van der Waals surface area contributed by atoms with Gasteiger partial charge in [0, 0.05) is 18.0 Å². The van der Waals surface area contributed by atoms with Crippen LogP contribution in [0.25, 0.3) is 10.2 Å². The SMILES string of the molecule is CCc1cc2c(=O)n(CCCN3C(=O)c4ccccc4C3=O)c(SC)nc2s1. The van der Waals surface area contributed by atoms with E-state index in [4.69, 9.17) is 0 Å². The molecule has 0 saturated carbocycles. The van der Waals surface area contributed by atoms with Gasteiger partial charge in [-0.1, -0.05) is 30.8 Å². The summed E-state index contributed by atoms with van der Waals surface area (Å²) in [6, 6.07) is 8.77. The summed E-state index contributed by atoms with van der Waals surface area (Å²) in [7, 11) is 0. The first-order valence-electron chi connectivity index (χ1n) is 9.07. The maximum absolute atomic E-state index is 12.9. The van der Waals surface area contributed by atoms with Crippen LogP contribution in [0.5, 0.6) is 0 Å². The Hall–Kier alpha value is -2.45. The van der Waals surface area contributed by atoms with Crippen LogP contribution in [0.3, 0.4) is 0 Å². The van der Waals surface area contributed by atoms with Gasteiger partial charge in [0.1, 0.15) is 4.83 Å². The molecule has 6 nitrogen and oxygen atoms in total. The smallest absolute Gasteiger partial charge is 0.262 e. The zero-order valence-electron chi connectivity index (χ0n) is 15.6. The van der Waals surface area contributed by atoms with Crippen molar-refractivity contribution in [3.05, 3.63) is 56.7 Å². The average molecular weight is 414 g/mol. The number of benzene rings is 1. The summed E-state index contributed by atoms with van der Waals surface area (Å²) in [5.74, 6) is -0.533. The van der Waals surface area contributed by atoms with E-state index >= 15 is 0 Å². The molecule has 144 valence electrons. The molecule has 0 atom stereocenters. The van der Waals surface area contributed by atoms with Gasteiger partial charge in [0.2, 0.25) is 0 Å². The van der Waals surface area contributed by atoms with Gasteiger partial charge in [0.15, 0.2) is 5.16 Å². The Morgan fingerprint density at radius 1 is 1.07 bits per heavy atom. The molecular formula is C20H19N3O3S2. The Labute approximate surface area is 170 Å². The highest BCUT2D eigenvalue weighted by atomic mass is 32.2. The highest BCUT2D eigenvalue weighted by Gasteiger charge is 2.34. The summed E-state index contributed by atoms with van der Waals surface area (Å²) in [5, 5.41) is 1.30. The summed E-state index contributed by atoms with van der Waals surface area (Å²) >= 11 is 2.98. The van der Waals surface area contributed by atoms with Crippen molar-refractivity contribution >= 4 is 45.1 Å². The molecule has 0 fully saturated rings. The monoisotopic (exact) mass is 413 g/mol. The number of thiophene rings is 1. The molecule has 0 spiro atoms. The molecule has 0 unspecified atom stereocenters. The number of carbonyl (C=O) groups excluding carboxylic acids is 2. The van der Waals surface area contributed by atoms with Gasteiger partial charge in [-0.15, -0.1) is 11.3 Å². The van der Waals surface area contributed by atoms with Crippen LogP contribution in [-0.4, -0.2) is 39.1 Å². The van der Waals surface area contributed by atoms with Crippen molar-refractivity contribution in [1.29, 1.82) is 0 Å². The largest absolute Gasteiger partial charge is 0.287 e. The number of fused-ring (bicyclic) bond motifs is 2. The van der Waals surface area contributed by atoms with Gasteiger partial charge < -0.3 is 0 Å². The fourth-order valence-corrected chi connectivity index (χ4v) is 5.00. The number of hydrogen-bond donors (Lipinski definition) is 0. The topological polar surface area (TPSA) is 72.3 Å². The number of imide groups is 1. The van der Waals surface area contributed by atoms with E-state index in [1.165, 1.54) is 16.7 Å². The summed E-state index contributed by atoms with van der Waals surface area (Å²) in [6.45, 7) is 2.73. The van der Waals surface area contributed by atoms with Crippen molar-refractivity contribution in [2.24, 2.45) is 0 Å². The molecule has 4 rings (SSSR count). The number of amides is 2. The number of aromatic nitrogens is 2. The molecule has 0 bridgehead atoms. The van der Waals surface area contributed by atoms with Gasteiger partial charge in [0.05, 0.1) is 16.5 Å². The van der Waals surface area contributed by atoms with Crippen molar-refractivity contribution in [2.75, 3.05) is 12.8 Å². The van der Waals surface area contributed by atoms with Crippen molar-refractivity contribution in [3.63, 3.8) is 0 Å². The van der Waals surface area contributed by atoms with Gasteiger partial charge >= 0.3 is 0 Å². The van der Waals surface area contributed by atoms with Crippen molar-refractivity contribution < 1.29 is 9.59 Å². The Balaban J connectivity index is 1.55. The number of hydrogen-bond acceptors (Lipinski definition) is 6. The molecule has 0 saturated heterocycles. The van der Waals surface area contributed by atoms with Crippen LogP contribution in [0.1, 0.15) is 38.9 Å². The molecule has 3 aromatic rings. The normalized spacial score (nSPS) is 13.6. The summed E-state index contributed by atoms with van der Waals surface area (Å²) < 4.78 is 1.65. The maximum atomic E-state index is 12.9. The van der Waals surface area contributed by atoms with Gasteiger partial charge in [-0.25, -0.2) is 4.98 Å². The van der Waals surface area contributed by atoms with Crippen LogP contribution >= 0.6 is 23.1 Å². The second-order valence-electron chi connectivity index (χ2n) is 6.50. The fraction of sp³-hybridized carbons (Fsp3) is 0.300. The zero-order valence-corrected chi connectivity index (χ0v) is 17.2.